The molecule has 0 aliphatic carbocycles. The molecule has 0 aromatic carbocycles. The minimum absolute atomic E-state index is 0.0205. The third kappa shape index (κ3) is 3.30. The number of nitrogens with zero attached hydrogens (tertiary/aromatic N) is 1. The lowest BCUT2D eigenvalue weighted by molar-refractivity contribution is 0.0626. The fourth-order valence-corrected chi connectivity index (χ4v) is 2.89. The Balaban J connectivity index is 2.91. The van der Waals surface area contributed by atoms with Crippen LogP contribution < -0.4 is 0 Å². The molecule has 1 N–H and O–H groups in total. The van der Waals surface area contributed by atoms with E-state index in [1.165, 1.54) is 11.3 Å². The zero-order chi connectivity index (χ0) is 12.8. The van der Waals surface area contributed by atoms with Crippen molar-refractivity contribution in [2.45, 2.75) is 39.7 Å². The van der Waals surface area contributed by atoms with Crippen LogP contribution in [-0.4, -0.2) is 35.1 Å². The molecule has 1 aromatic heterocycles. The van der Waals surface area contributed by atoms with Crippen LogP contribution in [0.3, 0.4) is 0 Å². The van der Waals surface area contributed by atoms with Gasteiger partial charge in [0.25, 0.3) is 5.91 Å². The van der Waals surface area contributed by atoms with Crippen molar-refractivity contribution in [3.63, 3.8) is 0 Å². The second-order valence-corrected chi connectivity index (χ2v) is 5.04. The van der Waals surface area contributed by atoms with Gasteiger partial charge in [-0.3, -0.25) is 4.79 Å². The Kier molecular flexibility index (Phi) is 5.65. The molecular formula is C13H21NO2S. The number of rotatable bonds is 6. The van der Waals surface area contributed by atoms with Gasteiger partial charge in [-0.2, -0.15) is 0 Å². The smallest absolute Gasteiger partial charge is 0.264 e. The Hall–Kier alpha value is -0.870. The number of hydrogen-bond acceptors (Lipinski definition) is 3. The maximum absolute atomic E-state index is 12.4. The van der Waals surface area contributed by atoms with Gasteiger partial charge in [-0.15, -0.1) is 11.3 Å². The maximum atomic E-state index is 12.4. The van der Waals surface area contributed by atoms with Crippen LogP contribution in [0.25, 0.3) is 0 Å². The summed E-state index contributed by atoms with van der Waals surface area (Å²) in [4.78, 5) is 15.0. The summed E-state index contributed by atoms with van der Waals surface area (Å²) < 4.78 is 0. The average molecular weight is 255 g/mol. The predicted molar refractivity (Wildman–Crippen MR) is 71.5 cm³/mol. The van der Waals surface area contributed by atoms with E-state index in [2.05, 4.69) is 13.8 Å². The van der Waals surface area contributed by atoms with Crippen LogP contribution in [0.15, 0.2) is 11.4 Å². The highest BCUT2D eigenvalue weighted by molar-refractivity contribution is 7.12. The van der Waals surface area contributed by atoms with Gasteiger partial charge >= 0.3 is 0 Å². The number of amides is 1. The Labute approximate surface area is 107 Å². The molecule has 1 rings (SSSR count). The van der Waals surface area contributed by atoms with Crippen molar-refractivity contribution in [3.8, 4) is 0 Å². The lowest BCUT2D eigenvalue weighted by Gasteiger charge is -2.29. The summed E-state index contributed by atoms with van der Waals surface area (Å²) >= 11 is 1.48. The lowest BCUT2D eigenvalue weighted by atomic mass is 10.1. The Morgan fingerprint density at radius 2 is 2.12 bits per heavy atom. The van der Waals surface area contributed by atoms with Crippen molar-refractivity contribution in [1.82, 2.24) is 4.90 Å². The van der Waals surface area contributed by atoms with E-state index in [1.54, 1.807) is 4.90 Å². The van der Waals surface area contributed by atoms with Gasteiger partial charge in [0.1, 0.15) is 0 Å². The normalized spacial score (nSPS) is 10.9. The molecule has 0 aliphatic heterocycles. The quantitative estimate of drug-likeness (QED) is 0.849. The fraction of sp³-hybridized carbons (Fsp3) is 0.615. The van der Waals surface area contributed by atoms with E-state index in [0.717, 1.165) is 23.3 Å². The fourth-order valence-electron chi connectivity index (χ4n) is 2.01. The molecule has 96 valence electrons. The van der Waals surface area contributed by atoms with Gasteiger partial charge < -0.3 is 10.0 Å². The second kappa shape index (κ2) is 6.77. The first-order valence-electron chi connectivity index (χ1n) is 6.11. The van der Waals surface area contributed by atoms with Crippen molar-refractivity contribution < 1.29 is 9.90 Å². The van der Waals surface area contributed by atoms with Gasteiger partial charge in [-0.05, 0) is 36.8 Å². The first-order valence-corrected chi connectivity index (χ1v) is 6.99. The van der Waals surface area contributed by atoms with Crippen LogP contribution >= 0.6 is 11.3 Å². The molecule has 0 bridgehead atoms. The van der Waals surface area contributed by atoms with Crippen LogP contribution in [0, 0.1) is 6.92 Å². The van der Waals surface area contributed by atoms with E-state index in [1.807, 2.05) is 18.4 Å². The number of aliphatic hydroxyl groups excluding tert-OH is 1. The van der Waals surface area contributed by atoms with Crippen LogP contribution in [0.1, 0.15) is 41.9 Å². The topological polar surface area (TPSA) is 40.5 Å². The van der Waals surface area contributed by atoms with Crippen LogP contribution in [0.2, 0.25) is 0 Å². The molecule has 4 heteroatoms. The third-order valence-corrected chi connectivity index (χ3v) is 4.05. The van der Waals surface area contributed by atoms with Gasteiger partial charge in [0.2, 0.25) is 0 Å². The first-order chi connectivity index (χ1) is 8.15. The van der Waals surface area contributed by atoms with E-state index in [-0.39, 0.29) is 18.6 Å². The summed E-state index contributed by atoms with van der Waals surface area (Å²) in [5, 5.41) is 11.0. The molecule has 0 saturated carbocycles. The Morgan fingerprint density at radius 3 is 2.53 bits per heavy atom. The van der Waals surface area contributed by atoms with Crippen molar-refractivity contribution in [2.75, 3.05) is 13.2 Å². The summed E-state index contributed by atoms with van der Waals surface area (Å²) in [6, 6.07) is 2.18. The summed E-state index contributed by atoms with van der Waals surface area (Å²) in [5.74, 6) is 0.0558. The predicted octanol–water partition coefficient (Wildman–Crippen LogP) is 2.68. The van der Waals surface area contributed by atoms with Gasteiger partial charge in [-0.1, -0.05) is 13.8 Å². The third-order valence-electron chi connectivity index (χ3n) is 3.04. The lowest BCUT2D eigenvalue weighted by Crippen LogP contribution is -2.41. The number of carbonyl (C=O) groups is 1. The average Bonchev–Trinajstić information content (AvgIpc) is 2.75. The highest BCUT2D eigenvalue weighted by Crippen LogP contribution is 2.20. The molecule has 0 fully saturated rings. The number of hydrogen-bond donors (Lipinski definition) is 1. The van der Waals surface area contributed by atoms with E-state index >= 15 is 0 Å². The molecule has 0 atom stereocenters. The standard InChI is InChI=1S/C13H21NO2S/c1-4-11(5-2)14(7-8-15)13(16)12-10(3)6-9-17-12/h6,9,11,15H,4-5,7-8H2,1-3H3. The summed E-state index contributed by atoms with van der Waals surface area (Å²) in [6.07, 6.45) is 1.85. The maximum Gasteiger partial charge on any atom is 0.264 e. The zero-order valence-corrected chi connectivity index (χ0v) is 11.6. The molecule has 0 spiro atoms. The number of aliphatic hydroxyl groups is 1. The molecule has 0 saturated heterocycles. The molecule has 1 heterocycles. The molecular weight excluding hydrogens is 234 g/mol. The summed E-state index contributed by atoms with van der Waals surface area (Å²) in [7, 11) is 0. The summed E-state index contributed by atoms with van der Waals surface area (Å²) in [5.41, 5.74) is 1.02. The number of thiophene rings is 1. The molecule has 1 aromatic rings. The summed E-state index contributed by atoms with van der Waals surface area (Å²) in [6.45, 7) is 6.54. The van der Waals surface area contributed by atoms with Crippen molar-refractivity contribution in [1.29, 1.82) is 0 Å². The van der Waals surface area contributed by atoms with E-state index in [0.29, 0.717) is 6.54 Å². The van der Waals surface area contributed by atoms with E-state index in [4.69, 9.17) is 5.11 Å². The zero-order valence-electron chi connectivity index (χ0n) is 10.8. The molecule has 0 aliphatic rings. The van der Waals surface area contributed by atoms with Crippen molar-refractivity contribution >= 4 is 17.2 Å². The highest BCUT2D eigenvalue weighted by atomic mass is 32.1. The highest BCUT2D eigenvalue weighted by Gasteiger charge is 2.23. The molecule has 1 amide bonds. The molecule has 0 radical (unpaired) electrons. The first kappa shape index (κ1) is 14.2. The molecule has 3 nitrogen and oxygen atoms in total. The monoisotopic (exact) mass is 255 g/mol. The minimum Gasteiger partial charge on any atom is -0.395 e. The van der Waals surface area contributed by atoms with E-state index < -0.39 is 0 Å². The Bertz CT molecular complexity index is 358. The Morgan fingerprint density at radius 1 is 1.47 bits per heavy atom. The van der Waals surface area contributed by atoms with Gasteiger partial charge in [0.15, 0.2) is 0 Å². The molecule has 17 heavy (non-hydrogen) atoms. The number of carbonyl (C=O) groups excluding carboxylic acids is 1. The molecule has 0 unspecified atom stereocenters. The van der Waals surface area contributed by atoms with Crippen molar-refractivity contribution in [3.05, 3.63) is 21.9 Å². The largest absolute Gasteiger partial charge is 0.395 e. The van der Waals surface area contributed by atoms with Crippen LogP contribution in [0.5, 0.6) is 0 Å². The van der Waals surface area contributed by atoms with Crippen LogP contribution in [0.4, 0.5) is 0 Å². The van der Waals surface area contributed by atoms with E-state index in [9.17, 15) is 4.79 Å². The van der Waals surface area contributed by atoms with Gasteiger partial charge in [0, 0.05) is 12.6 Å². The SMILES string of the molecule is CCC(CC)N(CCO)C(=O)c1sccc1C. The van der Waals surface area contributed by atoms with Gasteiger partial charge in [-0.25, -0.2) is 0 Å². The second-order valence-electron chi connectivity index (χ2n) is 4.13. The van der Waals surface area contributed by atoms with Crippen LogP contribution in [-0.2, 0) is 0 Å². The van der Waals surface area contributed by atoms with Crippen molar-refractivity contribution in [2.24, 2.45) is 0 Å². The minimum atomic E-state index is 0.0205. The van der Waals surface area contributed by atoms with Gasteiger partial charge in [0.05, 0.1) is 11.5 Å². The number of aryl methyl sites for hydroxylation is 1.